The minimum Gasteiger partial charge on any atom is -0.483 e. The number of aromatic nitrogens is 3. The summed E-state index contributed by atoms with van der Waals surface area (Å²) in [4.78, 5) is 12.1. The first-order valence-electron chi connectivity index (χ1n) is 8.95. The highest BCUT2D eigenvalue weighted by molar-refractivity contribution is 7.99. The molecule has 0 radical (unpaired) electrons. The van der Waals surface area contributed by atoms with Crippen molar-refractivity contribution in [1.29, 1.82) is 0 Å². The second-order valence-electron chi connectivity index (χ2n) is 6.10. The number of halogens is 1. The molecule has 1 amide bonds. The Kier molecular flexibility index (Phi) is 7.37. The topological polar surface area (TPSA) is 82.2 Å². The van der Waals surface area contributed by atoms with Crippen LogP contribution in [0.5, 0.6) is 5.75 Å². The third-order valence-corrected chi connectivity index (χ3v) is 5.10. The SMILES string of the molecule is C=CCn1c(SCC(=O)NCc2ccco2)nnc1C(C)Oc1cccc(Cl)c1. The number of hydrogen-bond acceptors (Lipinski definition) is 6. The number of ether oxygens (including phenoxy) is 1. The predicted molar refractivity (Wildman–Crippen MR) is 112 cm³/mol. The molecule has 9 heteroatoms. The molecule has 0 fully saturated rings. The number of thioether (sulfide) groups is 1. The number of rotatable bonds is 10. The summed E-state index contributed by atoms with van der Waals surface area (Å²) < 4.78 is 13.0. The number of nitrogens with one attached hydrogen (secondary N) is 1. The summed E-state index contributed by atoms with van der Waals surface area (Å²) in [5.41, 5.74) is 0. The molecule has 2 aromatic heterocycles. The normalized spacial score (nSPS) is 11.8. The lowest BCUT2D eigenvalue weighted by Gasteiger charge is -2.15. The van der Waals surface area contributed by atoms with E-state index in [-0.39, 0.29) is 17.8 Å². The lowest BCUT2D eigenvalue weighted by molar-refractivity contribution is -0.118. The van der Waals surface area contributed by atoms with Crippen molar-refractivity contribution in [2.45, 2.75) is 31.3 Å². The van der Waals surface area contributed by atoms with Gasteiger partial charge in [-0.25, -0.2) is 0 Å². The number of hydrogen-bond donors (Lipinski definition) is 1. The Morgan fingerprint density at radius 2 is 2.28 bits per heavy atom. The molecule has 0 saturated carbocycles. The van der Waals surface area contributed by atoms with Crippen LogP contribution in [-0.4, -0.2) is 26.4 Å². The van der Waals surface area contributed by atoms with E-state index in [9.17, 15) is 4.79 Å². The summed E-state index contributed by atoms with van der Waals surface area (Å²) >= 11 is 7.32. The van der Waals surface area contributed by atoms with Gasteiger partial charge in [0.2, 0.25) is 5.91 Å². The molecular weight excluding hydrogens is 412 g/mol. The molecule has 3 rings (SSSR count). The Balaban J connectivity index is 1.62. The van der Waals surface area contributed by atoms with Crippen LogP contribution < -0.4 is 10.1 Å². The standard InChI is InChI=1S/C20H21ClN4O3S/c1-3-9-25-19(14(2)28-16-7-4-6-15(21)11-16)23-24-20(25)29-13-18(26)22-12-17-8-5-10-27-17/h3-8,10-11,14H,1,9,12-13H2,2H3,(H,22,26). The van der Waals surface area contributed by atoms with Gasteiger partial charge in [0.1, 0.15) is 11.5 Å². The van der Waals surface area contributed by atoms with Crippen molar-refractivity contribution in [2.75, 3.05) is 5.75 Å². The molecule has 0 aliphatic heterocycles. The van der Waals surface area contributed by atoms with E-state index < -0.39 is 0 Å². The third kappa shape index (κ3) is 5.88. The maximum absolute atomic E-state index is 12.1. The first kappa shape index (κ1) is 21.0. The van der Waals surface area contributed by atoms with Crippen molar-refractivity contribution < 1.29 is 13.9 Å². The summed E-state index contributed by atoms with van der Waals surface area (Å²) in [6, 6.07) is 10.8. The number of carbonyl (C=O) groups is 1. The Bertz CT molecular complexity index is 959. The van der Waals surface area contributed by atoms with Gasteiger partial charge in [-0.1, -0.05) is 35.5 Å². The molecule has 0 aliphatic carbocycles. The van der Waals surface area contributed by atoms with Crippen LogP contribution in [0.2, 0.25) is 5.02 Å². The van der Waals surface area contributed by atoms with Gasteiger partial charge in [-0.15, -0.1) is 16.8 Å². The average molecular weight is 433 g/mol. The number of amides is 1. The van der Waals surface area contributed by atoms with Gasteiger partial charge in [-0.05, 0) is 37.3 Å². The summed E-state index contributed by atoms with van der Waals surface area (Å²) in [7, 11) is 0. The minimum absolute atomic E-state index is 0.121. The van der Waals surface area contributed by atoms with Crippen LogP contribution in [0, 0.1) is 0 Å². The van der Waals surface area contributed by atoms with Gasteiger partial charge >= 0.3 is 0 Å². The second kappa shape index (κ2) is 10.2. The summed E-state index contributed by atoms with van der Waals surface area (Å²) in [5, 5.41) is 12.5. The highest BCUT2D eigenvalue weighted by atomic mass is 35.5. The van der Waals surface area contributed by atoms with E-state index in [1.165, 1.54) is 11.8 Å². The Labute approximate surface area is 178 Å². The van der Waals surface area contributed by atoms with Crippen molar-refractivity contribution >= 4 is 29.3 Å². The quantitative estimate of drug-likeness (QED) is 0.380. The molecule has 1 aromatic carbocycles. The molecule has 0 spiro atoms. The zero-order chi connectivity index (χ0) is 20.6. The van der Waals surface area contributed by atoms with Crippen LogP contribution in [0.15, 0.2) is 64.9 Å². The van der Waals surface area contributed by atoms with E-state index in [1.54, 1.807) is 30.5 Å². The van der Waals surface area contributed by atoms with Gasteiger partial charge in [-0.3, -0.25) is 9.36 Å². The number of nitrogens with zero attached hydrogens (tertiary/aromatic N) is 3. The van der Waals surface area contributed by atoms with E-state index in [2.05, 4.69) is 22.1 Å². The molecule has 1 unspecified atom stereocenters. The van der Waals surface area contributed by atoms with Crippen molar-refractivity contribution in [1.82, 2.24) is 20.1 Å². The molecule has 152 valence electrons. The maximum Gasteiger partial charge on any atom is 0.230 e. The van der Waals surface area contributed by atoms with E-state index in [4.69, 9.17) is 20.8 Å². The van der Waals surface area contributed by atoms with Crippen molar-refractivity contribution in [3.63, 3.8) is 0 Å². The first-order chi connectivity index (χ1) is 14.1. The Morgan fingerprint density at radius 3 is 3.00 bits per heavy atom. The van der Waals surface area contributed by atoms with Gasteiger partial charge in [0.15, 0.2) is 17.1 Å². The Morgan fingerprint density at radius 1 is 1.41 bits per heavy atom. The van der Waals surface area contributed by atoms with Gasteiger partial charge in [0, 0.05) is 11.6 Å². The van der Waals surface area contributed by atoms with Gasteiger partial charge < -0.3 is 14.5 Å². The molecule has 29 heavy (non-hydrogen) atoms. The lowest BCUT2D eigenvalue weighted by Crippen LogP contribution is -2.24. The fraction of sp³-hybridized carbons (Fsp3) is 0.250. The molecule has 0 saturated heterocycles. The third-order valence-electron chi connectivity index (χ3n) is 3.90. The first-order valence-corrected chi connectivity index (χ1v) is 10.3. The summed E-state index contributed by atoms with van der Waals surface area (Å²) in [5.74, 6) is 2.07. The van der Waals surface area contributed by atoms with Crippen LogP contribution >= 0.6 is 23.4 Å². The van der Waals surface area contributed by atoms with Crippen LogP contribution in [0.3, 0.4) is 0 Å². The van der Waals surface area contributed by atoms with Gasteiger partial charge in [0.25, 0.3) is 0 Å². The van der Waals surface area contributed by atoms with Crippen LogP contribution in [-0.2, 0) is 17.9 Å². The highest BCUT2D eigenvalue weighted by Gasteiger charge is 2.20. The van der Waals surface area contributed by atoms with E-state index in [1.807, 2.05) is 29.7 Å². The van der Waals surface area contributed by atoms with Crippen molar-refractivity contribution in [3.05, 3.63) is 71.9 Å². The number of benzene rings is 1. The fourth-order valence-electron chi connectivity index (χ4n) is 2.59. The van der Waals surface area contributed by atoms with E-state index in [0.717, 1.165) is 0 Å². The monoisotopic (exact) mass is 432 g/mol. The number of furan rings is 1. The van der Waals surface area contributed by atoms with Gasteiger partial charge in [-0.2, -0.15) is 0 Å². The van der Waals surface area contributed by atoms with Crippen molar-refractivity contribution in [2.24, 2.45) is 0 Å². The second-order valence-corrected chi connectivity index (χ2v) is 7.48. The Hall–Kier alpha value is -2.71. The van der Waals surface area contributed by atoms with Crippen LogP contribution in [0.25, 0.3) is 0 Å². The largest absolute Gasteiger partial charge is 0.483 e. The predicted octanol–water partition coefficient (Wildman–Crippen LogP) is 4.26. The molecule has 0 bridgehead atoms. The molecular formula is C20H21ClN4O3S. The maximum atomic E-state index is 12.1. The smallest absolute Gasteiger partial charge is 0.230 e. The van der Waals surface area contributed by atoms with E-state index in [0.29, 0.717) is 40.6 Å². The molecule has 1 atom stereocenters. The molecule has 7 nitrogen and oxygen atoms in total. The lowest BCUT2D eigenvalue weighted by atomic mass is 10.3. The van der Waals surface area contributed by atoms with Crippen molar-refractivity contribution in [3.8, 4) is 5.75 Å². The average Bonchev–Trinajstić information content (AvgIpc) is 3.35. The van der Waals surface area contributed by atoms with Crippen LogP contribution in [0.4, 0.5) is 0 Å². The summed E-state index contributed by atoms with van der Waals surface area (Å²) in [6.07, 6.45) is 2.96. The molecule has 0 aliphatic rings. The zero-order valence-electron chi connectivity index (χ0n) is 15.9. The molecule has 1 N–H and O–H groups in total. The molecule has 2 heterocycles. The zero-order valence-corrected chi connectivity index (χ0v) is 17.4. The fourth-order valence-corrected chi connectivity index (χ4v) is 3.55. The van der Waals surface area contributed by atoms with Gasteiger partial charge in [0.05, 0.1) is 18.6 Å². The molecule has 3 aromatic rings. The number of carbonyl (C=O) groups excluding carboxylic acids is 1. The highest BCUT2D eigenvalue weighted by Crippen LogP contribution is 2.26. The summed E-state index contributed by atoms with van der Waals surface area (Å²) in [6.45, 7) is 6.53. The minimum atomic E-state index is -0.358. The van der Waals surface area contributed by atoms with E-state index >= 15 is 0 Å². The van der Waals surface area contributed by atoms with Crippen LogP contribution in [0.1, 0.15) is 24.6 Å². The number of allylic oxidation sites excluding steroid dienone is 1.